The van der Waals surface area contributed by atoms with Gasteiger partial charge in [-0.3, -0.25) is 0 Å². The molecule has 1 aromatic rings. The molecule has 4 unspecified atom stereocenters. The predicted molar refractivity (Wildman–Crippen MR) is 78.4 cm³/mol. The molecule has 2 rings (SSSR count). The van der Waals surface area contributed by atoms with E-state index in [9.17, 15) is 0 Å². The van der Waals surface area contributed by atoms with Crippen molar-refractivity contribution in [3.05, 3.63) is 35.4 Å². The van der Waals surface area contributed by atoms with Crippen LogP contribution < -0.4 is 5.73 Å². The third-order valence-electron chi connectivity index (χ3n) is 5.17. The topological polar surface area (TPSA) is 26.0 Å². The number of aryl methyl sites for hydroxylation is 1. The van der Waals surface area contributed by atoms with E-state index in [1.54, 1.807) is 0 Å². The third-order valence-corrected chi connectivity index (χ3v) is 5.17. The summed E-state index contributed by atoms with van der Waals surface area (Å²) in [5, 5.41) is 0. The molecule has 0 radical (unpaired) electrons. The summed E-state index contributed by atoms with van der Waals surface area (Å²) in [7, 11) is 0. The van der Waals surface area contributed by atoms with Crippen molar-refractivity contribution < 1.29 is 0 Å². The van der Waals surface area contributed by atoms with E-state index < -0.39 is 0 Å². The SMILES string of the molecule is Cc1ccccc1C(C)(N)C1CCC(C)C(C)C1. The predicted octanol–water partition coefficient (Wildman–Crippen LogP) is 4.24. The fourth-order valence-electron chi connectivity index (χ4n) is 3.49. The van der Waals surface area contributed by atoms with Gasteiger partial charge in [-0.15, -0.1) is 0 Å². The fraction of sp³-hybridized carbons (Fsp3) is 0.647. The minimum Gasteiger partial charge on any atom is -0.321 e. The number of nitrogens with two attached hydrogens (primary N) is 1. The van der Waals surface area contributed by atoms with Gasteiger partial charge in [0, 0.05) is 5.54 Å². The largest absolute Gasteiger partial charge is 0.321 e. The van der Waals surface area contributed by atoms with Gasteiger partial charge in [0.05, 0.1) is 0 Å². The zero-order valence-corrected chi connectivity index (χ0v) is 12.2. The number of hydrogen-bond acceptors (Lipinski definition) is 1. The normalized spacial score (nSPS) is 31.9. The highest BCUT2D eigenvalue weighted by molar-refractivity contribution is 5.32. The standard InChI is InChI=1S/C17H27N/c1-12-9-10-15(11-14(12)3)17(4,18)16-8-6-5-7-13(16)2/h5-8,12,14-15H,9-11,18H2,1-4H3. The van der Waals surface area contributed by atoms with Crippen LogP contribution in [0.3, 0.4) is 0 Å². The summed E-state index contributed by atoms with van der Waals surface area (Å²) < 4.78 is 0. The molecule has 1 aromatic carbocycles. The lowest BCUT2D eigenvalue weighted by molar-refractivity contribution is 0.142. The summed E-state index contributed by atoms with van der Waals surface area (Å²) in [4.78, 5) is 0. The Morgan fingerprint density at radius 3 is 2.39 bits per heavy atom. The molecule has 100 valence electrons. The van der Waals surface area contributed by atoms with Crippen LogP contribution in [0.15, 0.2) is 24.3 Å². The van der Waals surface area contributed by atoms with Crippen LogP contribution in [0.1, 0.15) is 51.2 Å². The van der Waals surface area contributed by atoms with Crippen molar-refractivity contribution in [2.45, 2.75) is 52.5 Å². The highest BCUT2D eigenvalue weighted by Gasteiger charge is 2.37. The maximum Gasteiger partial charge on any atom is 0.0412 e. The van der Waals surface area contributed by atoms with Gasteiger partial charge in [0.25, 0.3) is 0 Å². The highest BCUT2D eigenvalue weighted by atomic mass is 14.8. The average Bonchev–Trinajstić information content (AvgIpc) is 2.33. The molecule has 0 aliphatic heterocycles. The van der Waals surface area contributed by atoms with Crippen molar-refractivity contribution in [1.82, 2.24) is 0 Å². The Kier molecular flexibility index (Phi) is 3.82. The number of hydrogen-bond donors (Lipinski definition) is 1. The van der Waals surface area contributed by atoms with E-state index in [-0.39, 0.29) is 5.54 Å². The van der Waals surface area contributed by atoms with Gasteiger partial charge in [0.15, 0.2) is 0 Å². The first-order valence-corrected chi connectivity index (χ1v) is 7.28. The molecule has 1 nitrogen and oxygen atoms in total. The van der Waals surface area contributed by atoms with E-state index in [4.69, 9.17) is 5.73 Å². The van der Waals surface area contributed by atoms with Crippen LogP contribution in [0.5, 0.6) is 0 Å². The van der Waals surface area contributed by atoms with Crippen LogP contribution in [0.2, 0.25) is 0 Å². The Labute approximate surface area is 112 Å². The van der Waals surface area contributed by atoms with Crippen LogP contribution in [0, 0.1) is 24.7 Å². The highest BCUT2D eigenvalue weighted by Crippen LogP contribution is 2.42. The molecular formula is C17H27N. The zero-order valence-electron chi connectivity index (χ0n) is 12.2. The van der Waals surface area contributed by atoms with Crippen molar-refractivity contribution in [3.63, 3.8) is 0 Å². The van der Waals surface area contributed by atoms with E-state index in [2.05, 4.69) is 52.0 Å². The molecule has 2 N–H and O–H groups in total. The molecule has 18 heavy (non-hydrogen) atoms. The first-order valence-electron chi connectivity index (χ1n) is 7.28. The van der Waals surface area contributed by atoms with Gasteiger partial charge in [-0.05, 0) is 55.6 Å². The molecule has 0 spiro atoms. The summed E-state index contributed by atoms with van der Waals surface area (Å²) in [6.45, 7) is 9.16. The second-order valence-electron chi connectivity index (χ2n) is 6.56. The molecule has 1 heteroatoms. The van der Waals surface area contributed by atoms with Gasteiger partial charge < -0.3 is 5.73 Å². The summed E-state index contributed by atoms with van der Waals surface area (Å²) in [5.74, 6) is 2.27. The van der Waals surface area contributed by atoms with E-state index >= 15 is 0 Å². The Morgan fingerprint density at radius 2 is 1.78 bits per heavy atom. The quantitative estimate of drug-likeness (QED) is 0.828. The van der Waals surface area contributed by atoms with E-state index in [0.717, 1.165) is 11.8 Å². The van der Waals surface area contributed by atoms with Crippen LogP contribution in [-0.4, -0.2) is 0 Å². The lowest BCUT2D eigenvalue weighted by Crippen LogP contribution is -2.44. The molecule has 4 atom stereocenters. The van der Waals surface area contributed by atoms with Crippen LogP contribution in [-0.2, 0) is 5.54 Å². The number of rotatable bonds is 2. The first kappa shape index (κ1) is 13.6. The fourth-order valence-corrected chi connectivity index (χ4v) is 3.49. The van der Waals surface area contributed by atoms with Crippen molar-refractivity contribution in [3.8, 4) is 0 Å². The Balaban J connectivity index is 2.24. The van der Waals surface area contributed by atoms with Crippen molar-refractivity contribution in [2.24, 2.45) is 23.5 Å². The molecular weight excluding hydrogens is 218 g/mol. The van der Waals surface area contributed by atoms with E-state index in [0.29, 0.717) is 5.92 Å². The smallest absolute Gasteiger partial charge is 0.0412 e. The van der Waals surface area contributed by atoms with Gasteiger partial charge >= 0.3 is 0 Å². The summed E-state index contributed by atoms with van der Waals surface area (Å²) >= 11 is 0. The van der Waals surface area contributed by atoms with Gasteiger partial charge in [0.2, 0.25) is 0 Å². The minimum atomic E-state index is -0.181. The van der Waals surface area contributed by atoms with Crippen LogP contribution in [0.4, 0.5) is 0 Å². The van der Waals surface area contributed by atoms with Crippen LogP contribution >= 0.6 is 0 Å². The molecule has 1 aliphatic rings. The van der Waals surface area contributed by atoms with Crippen molar-refractivity contribution >= 4 is 0 Å². The lowest BCUT2D eigenvalue weighted by Gasteiger charge is -2.42. The maximum atomic E-state index is 6.72. The summed E-state index contributed by atoms with van der Waals surface area (Å²) in [6.07, 6.45) is 3.86. The van der Waals surface area contributed by atoms with Crippen molar-refractivity contribution in [2.75, 3.05) is 0 Å². The van der Waals surface area contributed by atoms with E-state index in [1.165, 1.54) is 30.4 Å². The zero-order chi connectivity index (χ0) is 13.3. The average molecular weight is 245 g/mol. The van der Waals surface area contributed by atoms with E-state index in [1.807, 2.05) is 0 Å². The maximum absolute atomic E-state index is 6.72. The second-order valence-corrected chi connectivity index (χ2v) is 6.56. The third kappa shape index (κ3) is 2.47. The van der Waals surface area contributed by atoms with Crippen LogP contribution in [0.25, 0.3) is 0 Å². The molecule has 0 amide bonds. The Bertz CT molecular complexity index is 408. The molecule has 0 saturated heterocycles. The summed E-state index contributed by atoms with van der Waals surface area (Å²) in [5.41, 5.74) is 9.20. The van der Waals surface area contributed by atoms with Crippen molar-refractivity contribution in [1.29, 1.82) is 0 Å². The Morgan fingerprint density at radius 1 is 1.11 bits per heavy atom. The second kappa shape index (κ2) is 5.05. The molecule has 1 aliphatic carbocycles. The molecule has 0 bridgehead atoms. The summed E-state index contributed by atoms with van der Waals surface area (Å²) in [6, 6.07) is 8.59. The number of benzene rings is 1. The molecule has 1 saturated carbocycles. The van der Waals surface area contributed by atoms with Gasteiger partial charge in [-0.1, -0.05) is 44.5 Å². The minimum absolute atomic E-state index is 0.181. The molecule has 1 fully saturated rings. The lowest BCUT2D eigenvalue weighted by atomic mass is 9.66. The molecule has 0 heterocycles. The molecule has 0 aromatic heterocycles. The van der Waals surface area contributed by atoms with Gasteiger partial charge in [0.1, 0.15) is 0 Å². The first-order chi connectivity index (χ1) is 8.43. The monoisotopic (exact) mass is 245 g/mol. The Hall–Kier alpha value is -0.820. The van der Waals surface area contributed by atoms with Gasteiger partial charge in [-0.2, -0.15) is 0 Å². The van der Waals surface area contributed by atoms with Gasteiger partial charge in [-0.25, -0.2) is 0 Å².